The molecule has 0 fully saturated rings. The van der Waals surface area contributed by atoms with Crippen LogP contribution in [-0.4, -0.2) is 55.9 Å². The molecule has 1 unspecified atom stereocenters. The number of hydrogen-bond donors (Lipinski definition) is 2. The van der Waals surface area contributed by atoms with Crippen molar-refractivity contribution in [3.8, 4) is 0 Å². The number of amides is 1. The van der Waals surface area contributed by atoms with Crippen molar-refractivity contribution >= 4 is 23.2 Å². The highest BCUT2D eigenvalue weighted by Gasteiger charge is 2.12. The van der Waals surface area contributed by atoms with E-state index in [4.69, 9.17) is 16.3 Å². The van der Waals surface area contributed by atoms with Gasteiger partial charge in [0.25, 0.3) is 0 Å². The lowest BCUT2D eigenvalue weighted by Crippen LogP contribution is -2.37. The third-order valence-corrected chi connectivity index (χ3v) is 2.79. The average Bonchev–Trinajstić information content (AvgIpc) is 2.33. The van der Waals surface area contributed by atoms with Gasteiger partial charge in [-0.3, -0.25) is 9.69 Å². The van der Waals surface area contributed by atoms with Gasteiger partial charge < -0.3 is 15.2 Å². The number of anilines is 1. The number of nitrogens with zero attached hydrogens (tertiary/aromatic N) is 1. The van der Waals surface area contributed by atoms with Gasteiger partial charge in [-0.15, -0.1) is 0 Å². The molecule has 0 radical (unpaired) electrons. The van der Waals surface area contributed by atoms with Crippen LogP contribution in [0, 0.1) is 5.82 Å². The molecule has 1 atom stereocenters. The Morgan fingerprint density at radius 3 is 2.90 bits per heavy atom. The van der Waals surface area contributed by atoms with Crippen LogP contribution in [0.4, 0.5) is 10.1 Å². The summed E-state index contributed by atoms with van der Waals surface area (Å²) in [5.74, 6) is -0.815. The third-order valence-electron chi connectivity index (χ3n) is 2.50. The summed E-state index contributed by atoms with van der Waals surface area (Å²) >= 11 is 5.62. The summed E-state index contributed by atoms with van der Waals surface area (Å²) in [4.78, 5) is 13.4. The number of carbonyl (C=O) groups excluding carboxylic acids is 1. The van der Waals surface area contributed by atoms with E-state index in [2.05, 4.69) is 5.32 Å². The summed E-state index contributed by atoms with van der Waals surface area (Å²) in [5.41, 5.74) is 0.423. The van der Waals surface area contributed by atoms with E-state index in [-0.39, 0.29) is 24.1 Å². The van der Waals surface area contributed by atoms with Crippen LogP contribution in [0.1, 0.15) is 0 Å². The molecule has 0 saturated carbocycles. The Hall–Kier alpha value is -1.21. The first-order valence-corrected chi connectivity index (χ1v) is 6.40. The van der Waals surface area contributed by atoms with E-state index in [9.17, 15) is 14.3 Å². The smallest absolute Gasteiger partial charge is 0.238 e. The maximum absolute atomic E-state index is 13.0. The first kappa shape index (κ1) is 16.8. The van der Waals surface area contributed by atoms with Gasteiger partial charge in [-0.25, -0.2) is 4.39 Å². The van der Waals surface area contributed by atoms with E-state index in [0.717, 1.165) is 0 Å². The number of carbonyl (C=O) groups is 1. The molecule has 1 amide bonds. The first-order valence-electron chi connectivity index (χ1n) is 6.02. The Morgan fingerprint density at radius 1 is 1.60 bits per heavy atom. The number of methoxy groups -OCH3 is 1. The van der Waals surface area contributed by atoms with Crippen molar-refractivity contribution in [2.45, 2.75) is 6.10 Å². The molecule has 0 saturated heterocycles. The van der Waals surface area contributed by atoms with Crippen molar-refractivity contribution in [2.75, 3.05) is 39.2 Å². The van der Waals surface area contributed by atoms with Crippen molar-refractivity contribution in [1.29, 1.82) is 0 Å². The highest BCUT2D eigenvalue weighted by Crippen LogP contribution is 2.19. The highest BCUT2D eigenvalue weighted by molar-refractivity contribution is 6.31. The number of nitrogens with one attached hydrogen (secondary N) is 1. The van der Waals surface area contributed by atoms with Gasteiger partial charge in [-0.1, -0.05) is 11.6 Å². The number of ether oxygens (including phenoxy) is 1. The van der Waals surface area contributed by atoms with Gasteiger partial charge in [0.2, 0.25) is 5.91 Å². The van der Waals surface area contributed by atoms with Gasteiger partial charge in [-0.2, -0.15) is 0 Å². The predicted molar refractivity (Wildman–Crippen MR) is 75.4 cm³/mol. The van der Waals surface area contributed by atoms with Gasteiger partial charge in [0.15, 0.2) is 0 Å². The molecule has 0 aliphatic carbocycles. The number of benzene rings is 1. The fourth-order valence-corrected chi connectivity index (χ4v) is 1.87. The van der Waals surface area contributed by atoms with Crippen molar-refractivity contribution in [2.24, 2.45) is 0 Å². The molecular weight excluding hydrogens is 287 g/mol. The quantitative estimate of drug-likeness (QED) is 0.798. The van der Waals surface area contributed by atoms with Gasteiger partial charge >= 0.3 is 0 Å². The van der Waals surface area contributed by atoms with E-state index in [1.165, 1.54) is 25.3 Å². The van der Waals surface area contributed by atoms with Crippen molar-refractivity contribution < 1.29 is 19.0 Å². The molecule has 0 spiro atoms. The minimum Gasteiger partial charge on any atom is -0.389 e. The number of hydrogen-bond acceptors (Lipinski definition) is 4. The second kappa shape index (κ2) is 8.16. The molecule has 7 heteroatoms. The van der Waals surface area contributed by atoms with Crippen LogP contribution < -0.4 is 5.32 Å². The van der Waals surface area contributed by atoms with Crippen LogP contribution in [0.5, 0.6) is 0 Å². The molecule has 0 aliphatic heterocycles. The van der Waals surface area contributed by atoms with Crippen LogP contribution in [0.3, 0.4) is 0 Å². The Balaban J connectivity index is 2.44. The lowest BCUT2D eigenvalue weighted by atomic mass is 10.3. The number of halogens is 2. The summed E-state index contributed by atoms with van der Waals surface area (Å²) < 4.78 is 17.8. The molecular formula is C13H18ClFN2O3. The number of aliphatic hydroxyl groups excluding tert-OH is 1. The normalized spacial score (nSPS) is 12.5. The average molecular weight is 305 g/mol. The van der Waals surface area contributed by atoms with Crippen LogP contribution in [0.25, 0.3) is 0 Å². The second-order valence-corrected chi connectivity index (χ2v) is 4.89. The Morgan fingerprint density at radius 2 is 2.30 bits per heavy atom. The summed E-state index contributed by atoms with van der Waals surface area (Å²) in [7, 11) is 3.20. The van der Waals surface area contributed by atoms with Gasteiger partial charge in [0, 0.05) is 19.3 Å². The first-order chi connectivity index (χ1) is 9.42. The fraction of sp³-hybridized carbons (Fsp3) is 0.462. The van der Waals surface area contributed by atoms with E-state index in [0.29, 0.717) is 12.2 Å². The van der Waals surface area contributed by atoms with E-state index < -0.39 is 11.9 Å². The molecule has 1 aromatic rings. The van der Waals surface area contributed by atoms with Gasteiger partial charge in [0.05, 0.1) is 24.3 Å². The largest absolute Gasteiger partial charge is 0.389 e. The topological polar surface area (TPSA) is 61.8 Å². The number of rotatable bonds is 7. The van der Waals surface area contributed by atoms with E-state index >= 15 is 0 Å². The summed E-state index contributed by atoms with van der Waals surface area (Å²) in [6.07, 6.45) is -0.655. The number of aliphatic hydroxyl groups is 1. The van der Waals surface area contributed by atoms with Crippen LogP contribution >= 0.6 is 11.6 Å². The molecule has 0 heterocycles. The van der Waals surface area contributed by atoms with E-state index in [1.54, 1.807) is 11.9 Å². The van der Waals surface area contributed by atoms with Gasteiger partial charge in [-0.05, 0) is 25.2 Å². The van der Waals surface area contributed by atoms with Crippen molar-refractivity contribution in [3.63, 3.8) is 0 Å². The highest BCUT2D eigenvalue weighted by atomic mass is 35.5. The Kier molecular flexibility index (Phi) is 6.87. The molecule has 0 aromatic heterocycles. The second-order valence-electron chi connectivity index (χ2n) is 4.48. The predicted octanol–water partition coefficient (Wildman–Crippen LogP) is 1.36. The molecule has 1 aromatic carbocycles. The summed E-state index contributed by atoms with van der Waals surface area (Å²) in [6, 6.07) is 3.96. The SMILES string of the molecule is COCC(O)CN(C)CC(=O)Nc1ccc(F)c(Cl)c1. The zero-order chi connectivity index (χ0) is 15.1. The maximum Gasteiger partial charge on any atom is 0.238 e. The van der Waals surface area contributed by atoms with Crippen LogP contribution in [0.15, 0.2) is 18.2 Å². The molecule has 1 rings (SSSR count). The molecule has 20 heavy (non-hydrogen) atoms. The number of likely N-dealkylation sites (N-methyl/N-ethyl adjacent to an activating group) is 1. The molecule has 0 bridgehead atoms. The summed E-state index contributed by atoms with van der Waals surface area (Å²) in [5, 5.41) is 12.1. The zero-order valence-electron chi connectivity index (χ0n) is 11.4. The maximum atomic E-state index is 13.0. The van der Waals surface area contributed by atoms with Crippen LogP contribution in [0.2, 0.25) is 5.02 Å². The van der Waals surface area contributed by atoms with E-state index in [1.807, 2.05) is 0 Å². The minimum absolute atomic E-state index is 0.0494. The Labute approximate surface area is 122 Å². The lowest BCUT2D eigenvalue weighted by molar-refractivity contribution is -0.117. The zero-order valence-corrected chi connectivity index (χ0v) is 12.2. The van der Waals surface area contributed by atoms with Crippen molar-refractivity contribution in [1.82, 2.24) is 4.90 Å². The molecule has 112 valence electrons. The molecule has 2 N–H and O–H groups in total. The molecule has 5 nitrogen and oxygen atoms in total. The van der Waals surface area contributed by atoms with Crippen LogP contribution in [-0.2, 0) is 9.53 Å². The third kappa shape index (κ3) is 5.83. The minimum atomic E-state index is -0.655. The van der Waals surface area contributed by atoms with Gasteiger partial charge in [0.1, 0.15) is 5.82 Å². The summed E-state index contributed by atoms with van der Waals surface area (Å²) in [6.45, 7) is 0.612. The standard InChI is InChI=1S/C13H18ClFN2O3/c1-17(6-10(18)8-20-2)7-13(19)16-9-3-4-12(15)11(14)5-9/h3-5,10,18H,6-8H2,1-2H3,(H,16,19). The van der Waals surface area contributed by atoms with Crippen molar-refractivity contribution in [3.05, 3.63) is 29.0 Å². The molecule has 0 aliphatic rings. The monoisotopic (exact) mass is 304 g/mol. The fourth-order valence-electron chi connectivity index (χ4n) is 1.69. The Bertz CT molecular complexity index is 459. The lowest BCUT2D eigenvalue weighted by Gasteiger charge is -2.19.